The lowest BCUT2D eigenvalue weighted by atomic mass is 9.79. The summed E-state index contributed by atoms with van der Waals surface area (Å²) in [5.41, 5.74) is 17.2. The van der Waals surface area contributed by atoms with Gasteiger partial charge < -0.3 is 0 Å². The average molecular weight is 804 g/mol. The molecular formula is C60H41N3. The van der Waals surface area contributed by atoms with Crippen LogP contribution in [0, 0.1) is 0 Å². The van der Waals surface area contributed by atoms with Crippen LogP contribution in [0.3, 0.4) is 0 Å². The van der Waals surface area contributed by atoms with Crippen LogP contribution in [0.25, 0.3) is 111 Å². The zero-order chi connectivity index (χ0) is 42.1. The molecule has 0 atom stereocenters. The molecule has 1 aliphatic carbocycles. The van der Waals surface area contributed by atoms with Gasteiger partial charge in [0.2, 0.25) is 0 Å². The molecule has 12 rings (SSSR count). The number of fused-ring (bicyclic) bond motifs is 7. The predicted molar refractivity (Wildman–Crippen MR) is 263 cm³/mol. The fourth-order valence-electron chi connectivity index (χ4n) is 10.1. The molecule has 2 aromatic heterocycles. The van der Waals surface area contributed by atoms with Crippen LogP contribution in [0.2, 0.25) is 0 Å². The lowest BCUT2D eigenvalue weighted by Gasteiger charge is -2.24. The van der Waals surface area contributed by atoms with Crippen molar-refractivity contribution in [2.45, 2.75) is 19.3 Å². The van der Waals surface area contributed by atoms with Crippen LogP contribution >= 0.6 is 0 Å². The van der Waals surface area contributed by atoms with Crippen molar-refractivity contribution < 1.29 is 0 Å². The van der Waals surface area contributed by atoms with Crippen molar-refractivity contribution in [3.8, 4) is 78.4 Å². The van der Waals surface area contributed by atoms with Gasteiger partial charge in [-0.25, -0.2) is 9.97 Å². The highest BCUT2D eigenvalue weighted by molar-refractivity contribution is 6.12. The number of benzene rings is 9. The second-order valence-corrected chi connectivity index (χ2v) is 17.2. The smallest absolute Gasteiger partial charge is 0.161 e. The van der Waals surface area contributed by atoms with E-state index in [2.05, 4.69) is 207 Å². The predicted octanol–water partition coefficient (Wildman–Crippen LogP) is 15.6. The minimum Gasteiger partial charge on any atom is -0.264 e. The van der Waals surface area contributed by atoms with Gasteiger partial charge in [-0.3, -0.25) is 4.98 Å². The molecule has 3 nitrogen and oxygen atoms in total. The Kier molecular flexibility index (Phi) is 8.52. The summed E-state index contributed by atoms with van der Waals surface area (Å²) in [6.45, 7) is 4.77. The highest BCUT2D eigenvalue weighted by atomic mass is 14.9. The maximum absolute atomic E-state index is 5.29. The highest BCUT2D eigenvalue weighted by Crippen LogP contribution is 2.52. The van der Waals surface area contributed by atoms with Gasteiger partial charge in [-0.1, -0.05) is 190 Å². The Labute approximate surface area is 367 Å². The van der Waals surface area contributed by atoms with Crippen LogP contribution in [-0.4, -0.2) is 15.0 Å². The van der Waals surface area contributed by atoms with E-state index in [9.17, 15) is 0 Å². The van der Waals surface area contributed by atoms with Crippen LogP contribution < -0.4 is 0 Å². The first-order valence-corrected chi connectivity index (χ1v) is 21.7. The summed E-state index contributed by atoms with van der Waals surface area (Å²) in [6, 6.07) is 72.3. The van der Waals surface area contributed by atoms with Gasteiger partial charge in [-0.05, 0) is 112 Å². The van der Waals surface area contributed by atoms with Crippen LogP contribution in [0.5, 0.6) is 0 Å². The van der Waals surface area contributed by atoms with Crippen molar-refractivity contribution in [1.29, 1.82) is 0 Å². The molecule has 0 aliphatic heterocycles. The van der Waals surface area contributed by atoms with Crippen molar-refractivity contribution in [1.82, 2.24) is 15.0 Å². The first kappa shape index (κ1) is 36.8. The fourth-order valence-corrected chi connectivity index (χ4v) is 10.1. The van der Waals surface area contributed by atoms with Gasteiger partial charge in [0.1, 0.15) is 0 Å². The van der Waals surface area contributed by atoms with Gasteiger partial charge in [0, 0.05) is 34.5 Å². The van der Waals surface area contributed by atoms with Gasteiger partial charge in [0.05, 0.1) is 11.4 Å². The second-order valence-electron chi connectivity index (χ2n) is 17.2. The number of hydrogen-bond acceptors (Lipinski definition) is 3. The molecule has 0 spiro atoms. The van der Waals surface area contributed by atoms with Crippen LogP contribution in [0.4, 0.5) is 0 Å². The molecule has 63 heavy (non-hydrogen) atoms. The van der Waals surface area contributed by atoms with Crippen molar-refractivity contribution in [3.05, 3.63) is 224 Å². The minimum absolute atomic E-state index is 0.131. The lowest BCUT2D eigenvalue weighted by molar-refractivity contribution is 0.666. The number of rotatable bonds is 6. The molecule has 0 saturated heterocycles. The van der Waals surface area contributed by atoms with Crippen molar-refractivity contribution in [2.75, 3.05) is 0 Å². The Balaban J connectivity index is 0.969. The van der Waals surface area contributed by atoms with E-state index in [1.54, 1.807) is 6.20 Å². The summed E-state index contributed by atoms with van der Waals surface area (Å²) in [4.78, 5) is 14.9. The Morgan fingerprint density at radius 3 is 1.54 bits per heavy atom. The Hall–Kier alpha value is -8.01. The molecule has 0 saturated carbocycles. The van der Waals surface area contributed by atoms with E-state index in [1.165, 1.54) is 66.1 Å². The molecule has 296 valence electrons. The van der Waals surface area contributed by atoms with Gasteiger partial charge in [0.25, 0.3) is 0 Å². The molecule has 1 aliphatic rings. The Morgan fingerprint density at radius 1 is 0.349 bits per heavy atom. The van der Waals surface area contributed by atoms with E-state index >= 15 is 0 Å². The molecular weight excluding hydrogens is 763 g/mol. The maximum atomic E-state index is 5.29. The van der Waals surface area contributed by atoms with Crippen LogP contribution in [0.15, 0.2) is 213 Å². The summed E-state index contributed by atoms with van der Waals surface area (Å²) in [5, 5.41) is 7.36. The molecule has 0 fully saturated rings. The van der Waals surface area contributed by atoms with E-state index in [1.807, 2.05) is 18.3 Å². The Morgan fingerprint density at radius 2 is 0.857 bits per heavy atom. The first-order chi connectivity index (χ1) is 31.0. The minimum atomic E-state index is -0.131. The van der Waals surface area contributed by atoms with Crippen LogP contribution in [0.1, 0.15) is 25.0 Å². The van der Waals surface area contributed by atoms with Gasteiger partial charge in [0.15, 0.2) is 5.82 Å². The van der Waals surface area contributed by atoms with Crippen LogP contribution in [-0.2, 0) is 5.41 Å². The first-order valence-electron chi connectivity index (χ1n) is 21.7. The van der Waals surface area contributed by atoms with Gasteiger partial charge in [-0.15, -0.1) is 0 Å². The van der Waals surface area contributed by atoms with Crippen molar-refractivity contribution >= 4 is 32.3 Å². The topological polar surface area (TPSA) is 38.7 Å². The number of hydrogen-bond donors (Lipinski definition) is 0. The van der Waals surface area contributed by atoms with E-state index in [0.29, 0.717) is 5.82 Å². The maximum Gasteiger partial charge on any atom is 0.161 e. The molecule has 0 bridgehead atoms. The summed E-state index contributed by atoms with van der Waals surface area (Å²) in [7, 11) is 0. The van der Waals surface area contributed by atoms with Crippen molar-refractivity contribution in [3.63, 3.8) is 0 Å². The molecule has 0 unspecified atom stereocenters. The molecule has 2 heterocycles. The largest absolute Gasteiger partial charge is 0.264 e. The summed E-state index contributed by atoms with van der Waals surface area (Å²) in [5.74, 6) is 0.695. The third kappa shape index (κ3) is 6.07. The summed E-state index contributed by atoms with van der Waals surface area (Å²) in [6.07, 6.45) is 3.70. The SMILES string of the molecule is CC1(C)c2cc(-c3ccc(-c4ccc(-c5nc(-c6ccccc6)cc(-c6ccc(-c7cccnc7)cc6)n5)c5ccccc45)c4ccccc34)ccc2-c2ccc3ccccc3c21. The molecule has 9 aromatic carbocycles. The van der Waals surface area contributed by atoms with Gasteiger partial charge in [-0.2, -0.15) is 0 Å². The molecule has 0 N–H and O–H groups in total. The molecule has 0 radical (unpaired) electrons. The van der Waals surface area contributed by atoms with Crippen molar-refractivity contribution in [2.24, 2.45) is 0 Å². The average Bonchev–Trinajstić information content (AvgIpc) is 3.59. The highest BCUT2D eigenvalue weighted by Gasteiger charge is 2.37. The third-order valence-corrected chi connectivity index (χ3v) is 13.2. The molecule has 3 heteroatoms. The van der Waals surface area contributed by atoms with E-state index in [0.717, 1.165) is 50.0 Å². The zero-order valence-corrected chi connectivity index (χ0v) is 35.0. The molecule has 11 aromatic rings. The summed E-state index contributed by atoms with van der Waals surface area (Å²) < 4.78 is 0. The molecule has 0 amide bonds. The number of pyridine rings is 1. The third-order valence-electron chi connectivity index (χ3n) is 13.2. The quantitative estimate of drug-likeness (QED) is 0.168. The Bertz CT molecular complexity index is 3570. The van der Waals surface area contributed by atoms with E-state index in [-0.39, 0.29) is 5.41 Å². The second kappa shape index (κ2) is 14.6. The van der Waals surface area contributed by atoms with E-state index in [4.69, 9.17) is 9.97 Å². The van der Waals surface area contributed by atoms with E-state index < -0.39 is 0 Å². The monoisotopic (exact) mass is 803 g/mol. The number of aromatic nitrogens is 3. The zero-order valence-electron chi connectivity index (χ0n) is 35.0. The van der Waals surface area contributed by atoms with Gasteiger partial charge >= 0.3 is 0 Å². The standard InChI is InChI=1S/C60H41N3/c1-60(2)55-35-42(27-28-52(55)53-29-26-39-13-6-7-17-45(39)58(53)60)44-30-31-50(47-19-9-8-18-46(44)47)51-32-33-54(49-21-11-10-20-48(49)51)59-62-56(40-14-4-3-5-15-40)36-57(63-59)41-24-22-38(23-25-41)43-16-12-34-61-37-43/h3-37H,1-2H3. The normalized spacial score (nSPS) is 12.7. The fraction of sp³-hybridized carbons (Fsp3) is 0.0500. The number of nitrogens with zero attached hydrogens (tertiary/aromatic N) is 3. The summed E-state index contributed by atoms with van der Waals surface area (Å²) >= 11 is 0. The lowest BCUT2D eigenvalue weighted by Crippen LogP contribution is -2.15.